The zero-order valence-electron chi connectivity index (χ0n) is 25.4. The standard InChI is InChI=1S/C32H38N8O4/c1-38(2)31(42)27(17-20-6-5-7-23(16-20)44-28-19-22(43-4)9-11-25(28)33)35-30(41)21-8-10-24-26(18-21)36-32(34)37-29(24)40-14-12-39(3)13-15-40/h5-11,16,18-19,27H,12-15,17,33H2,1-4H3,(H,35,41)(H2,34,36,37). The van der Waals surface area contributed by atoms with Crippen LogP contribution >= 0.6 is 0 Å². The van der Waals surface area contributed by atoms with Gasteiger partial charge in [0.15, 0.2) is 5.75 Å². The van der Waals surface area contributed by atoms with E-state index in [1.54, 1.807) is 57.6 Å². The molecule has 1 aliphatic rings. The van der Waals surface area contributed by atoms with Gasteiger partial charge in [-0.1, -0.05) is 12.1 Å². The van der Waals surface area contributed by atoms with Crippen molar-refractivity contribution < 1.29 is 19.1 Å². The van der Waals surface area contributed by atoms with Crippen molar-refractivity contribution in [1.29, 1.82) is 0 Å². The molecule has 12 nitrogen and oxygen atoms in total. The minimum absolute atomic E-state index is 0.141. The van der Waals surface area contributed by atoms with Crippen molar-refractivity contribution >= 4 is 40.2 Å². The number of nitrogen functional groups attached to an aromatic ring is 2. The number of carbonyl (C=O) groups is 2. The summed E-state index contributed by atoms with van der Waals surface area (Å²) in [5, 5.41) is 3.73. The molecule has 5 rings (SSSR count). The summed E-state index contributed by atoms with van der Waals surface area (Å²) in [5.74, 6) is 1.85. The molecule has 44 heavy (non-hydrogen) atoms. The van der Waals surface area contributed by atoms with Crippen LogP contribution in [0.2, 0.25) is 0 Å². The third-order valence-electron chi connectivity index (χ3n) is 7.59. The molecule has 1 unspecified atom stereocenters. The SMILES string of the molecule is COc1ccc(N)c(Oc2cccc(CC(NC(=O)c3ccc4c(N5CCN(C)CC5)nc(N)nc4c3)C(=O)N(C)C)c2)c1. The molecule has 1 aliphatic heterocycles. The summed E-state index contributed by atoms with van der Waals surface area (Å²) in [7, 11) is 6.97. The third kappa shape index (κ3) is 6.92. The van der Waals surface area contributed by atoms with Crippen LogP contribution in [0.3, 0.4) is 0 Å². The van der Waals surface area contributed by atoms with Crippen molar-refractivity contribution in [3.05, 3.63) is 71.8 Å². The summed E-state index contributed by atoms with van der Waals surface area (Å²) in [6.45, 7) is 3.46. The first-order valence-corrected chi connectivity index (χ1v) is 14.3. The minimum atomic E-state index is -0.832. The van der Waals surface area contributed by atoms with E-state index >= 15 is 0 Å². The average molecular weight is 599 g/mol. The highest BCUT2D eigenvalue weighted by atomic mass is 16.5. The van der Waals surface area contributed by atoms with Crippen molar-refractivity contribution in [2.75, 3.05) is 70.8 Å². The normalized spacial score (nSPS) is 14.2. The number of amides is 2. The number of anilines is 3. The second-order valence-corrected chi connectivity index (χ2v) is 11.0. The molecule has 1 saturated heterocycles. The van der Waals surface area contributed by atoms with E-state index < -0.39 is 11.9 Å². The summed E-state index contributed by atoms with van der Waals surface area (Å²) < 4.78 is 11.3. The van der Waals surface area contributed by atoms with Crippen LogP contribution in [0, 0.1) is 0 Å². The molecule has 3 aromatic carbocycles. The molecule has 0 bridgehead atoms. The van der Waals surface area contributed by atoms with E-state index in [2.05, 4.69) is 32.1 Å². The van der Waals surface area contributed by atoms with Gasteiger partial charge in [0, 0.05) is 63.7 Å². The third-order valence-corrected chi connectivity index (χ3v) is 7.59. The highest BCUT2D eigenvalue weighted by Gasteiger charge is 2.25. The molecule has 0 radical (unpaired) electrons. The second kappa shape index (κ2) is 13.0. The first-order valence-electron chi connectivity index (χ1n) is 14.3. The summed E-state index contributed by atoms with van der Waals surface area (Å²) in [6, 6.07) is 16.9. The molecule has 2 heterocycles. The molecule has 0 aliphatic carbocycles. The summed E-state index contributed by atoms with van der Waals surface area (Å²) in [5.41, 5.74) is 14.3. The summed E-state index contributed by atoms with van der Waals surface area (Å²) >= 11 is 0. The first kappa shape index (κ1) is 30.4. The van der Waals surface area contributed by atoms with E-state index in [1.165, 1.54) is 4.90 Å². The molecule has 12 heteroatoms. The van der Waals surface area contributed by atoms with Crippen LogP contribution in [0.4, 0.5) is 17.5 Å². The van der Waals surface area contributed by atoms with Gasteiger partial charge in [0.25, 0.3) is 5.91 Å². The Morgan fingerprint density at radius 2 is 1.75 bits per heavy atom. The fourth-order valence-corrected chi connectivity index (χ4v) is 5.11. The second-order valence-electron chi connectivity index (χ2n) is 11.0. The Balaban J connectivity index is 1.36. The van der Waals surface area contributed by atoms with Crippen LogP contribution in [0.15, 0.2) is 60.7 Å². The lowest BCUT2D eigenvalue weighted by Crippen LogP contribution is -2.47. The van der Waals surface area contributed by atoms with Crippen molar-refractivity contribution in [3.8, 4) is 17.2 Å². The van der Waals surface area contributed by atoms with Crippen LogP contribution in [0.5, 0.6) is 17.2 Å². The maximum absolute atomic E-state index is 13.5. The van der Waals surface area contributed by atoms with Gasteiger partial charge in [0.05, 0.1) is 18.3 Å². The zero-order valence-corrected chi connectivity index (χ0v) is 25.4. The number of nitrogens with zero attached hydrogens (tertiary/aromatic N) is 5. The van der Waals surface area contributed by atoms with E-state index in [0.717, 1.165) is 42.9 Å². The molecule has 1 fully saturated rings. The number of hydrogen-bond acceptors (Lipinski definition) is 10. The number of ether oxygens (including phenoxy) is 2. The van der Waals surface area contributed by atoms with Gasteiger partial charge in [-0.05, 0) is 55.1 Å². The maximum Gasteiger partial charge on any atom is 0.252 e. The molecule has 5 N–H and O–H groups in total. The van der Waals surface area contributed by atoms with Crippen LogP contribution in [-0.2, 0) is 11.2 Å². The number of rotatable bonds is 9. The number of likely N-dealkylation sites (N-methyl/N-ethyl adjacent to an activating group) is 2. The Morgan fingerprint density at radius 3 is 2.48 bits per heavy atom. The largest absolute Gasteiger partial charge is 0.497 e. The molecule has 0 spiro atoms. The van der Waals surface area contributed by atoms with Crippen molar-refractivity contribution in [3.63, 3.8) is 0 Å². The summed E-state index contributed by atoms with van der Waals surface area (Å²) in [4.78, 5) is 41.5. The Morgan fingerprint density at radius 1 is 0.977 bits per heavy atom. The lowest BCUT2D eigenvalue weighted by Gasteiger charge is -2.33. The number of methoxy groups -OCH3 is 1. The highest BCUT2D eigenvalue weighted by Crippen LogP contribution is 2.32. The van der Waals surface area contributed by atoms with E-state index in [9.17, 15) is 9.59 Å². The van der Waals surface area contributed by atoms with Gasteiger partial charge >= 0.3 is 0 Å². The summed E-state index contributed by atoms with van der Waals surface area (Å²) in [6.07, 6.45) is 0.240. The Labute approximate surface area is 256 Å². The van der Waals surface area contributed by atoms with Gasteiger partial charge in [-0.25, -0.2) is 4.98 Å². The van der Waals surface area contributed by atoms with Crippen molar-refractivity contribution in [1.82, 2.24) is 25.1 Å². The van der Waals surface area contributed by atoms with Crippen LogP contribution < -0.4 is 31.2 Å². The fraction of sp³-hybridized carbons (Fsp3) is 0.312. The Hall–Kier alpha value is -5.10. The van der Waals surface area contributed by atoms with Gasteiger partial charge in [0.1, 0.15) is 23.4 Å². The van der Waals surface area contributed by atoms with Gasteiger partial charge in [-0.3, -0.25) is 9.59 Å². The van der Waals surface area contributed by atoms with Crippen molar-refractivity contribution in [2.24, 2.45) is 0 Å². The molecule has 230 valence electrons. The zero-order chi connectivity index (χ0) is 31.4. The Kier molecular flexibility index (Phi) is 9.00. The number of hydrogen-bond donors (Lipinski definition) is 3. The van der Waals surface area contributed by atoms with Gasteiger partial charge in [0.2, 0.25) is 11.9 Å². The van der Waals surface area contributed by atoms with E-state index in [4.69, 9.17) is 20.9 Å². The van der Waals surface area contributed by atoms with Gasteiger partial charge in [-0.2, -0.15) is 4.98 Å². The van der Waals surface area contributed by atoms with Gasteiger partial charge in [-0.15, -0.1) is 0 Å². The Bertz CT molecular complexity index is 1670. The first-order chi connectivity index (χ1) is 21.1. The number of carbonyl (C=O) groups excluding carboxylic acids is 2. The van der Waals surface area contributed by atoms with Crippen molar-refractivity contribution in [2.45, 2.75) is 12.5 Å². The van der Waals surface area contributed by atoms with Crippen LogP contribution in [0.25, 0.3) is 10.9 Å². The number of aromatic nitrogens is 2. The van der Waals surface area contributed by atoms with Gasteiger partial charge < -0.3 is 41.0 Å². The van der Waals surface area contributed by atoms with E-state index in [1.807, 2.05) is 24.3 Å². The minimum Gasteiger partial charge on any atom is -0.497 e. The monoisotopic (exact) mass is 598 g/mol. The highest BCUT2D eigenvalue weighted by molar-refractivity contribution is 6.02. The molecule has 1 atom stereocenters. The topological polar surface area (TPSA) is 152 Å². The molecular weight excluding hydrogens is 560 g/mol. The maximum atomic E-state index is 13.5. The van der Waals surface area contributed by atoms with Crippen LogP contribution in [-0.4, -0.2) is 92.1 Å². The van der Waals surface area contributed by atoms with Crippen LogP contribution in [0.1, 0.15) is 15.9 Å². The fourth-order valence-electron chi connectivity index (χ4n) is 5.11. The molecule has 1 aromatic heterocycles. The van der Waals surface area contributed by atoms with E-state index in [0.29, 0.717) is 34.0 Å². The average Bonchev–Trinajstić information content (AvgIpc) is 3.01. The molecular formula is C32H38N8O4. The quantitative estimate of drug-likeness (QED) is 0.245. The van der Waals surface area contributed by atoms with E-state index in [-0.39, 0.29) is 18.3 Å². The molecule has 4 aromatic rings. The molecule has 0 saturated carbocycles. The number of fused-ring (bicyclic) bond motifs is 1. The predicted molar refractivity (Wildman–Crippen MR) is 171 cm³/mol. The number of nitrogens with one attached hydrogen (secondary N) is 1. The lowest BCUT2D eigenvalue weighted by molar-refractivity contribution is -0.130. The molecule has 2 amide bonds. The number of piperazine rings is 1. The lowest BCUT2D eigenvalue weighted by atomic mass is 10.0. The smallest absolute Gasteiger partial charge is 0.252 e. The number of benzene rings is 3. The predicted octanol–water partition coefficient (Wildman–Crippen LogP) is 2.78. The number of nitrogens with two attached hydrogens (primary N) is 2.